The van der Waals surface area contributed by atoms with Crippen molar-refractivity contribution in [2.24, 2.45) is 0 Å². The molecule has 0 fully saturated rings. The van der Waals surface area contributed by atoms with E-state index in [2.05, 4.69) is 31.9 Å². The molecular formula is C11H23NO6S. The van der Waals surface area contributed by atoms with Crippen LogP contribution in [0.1, 0.15) is 13.8 Å². The van der Waals surface area contributed by atoms with Gasteiger partial charge in [-0.1, -0.05) is 6.58 Å². The van der Waals surface area contributed by atoms with Crippen molar-refractivity contribution in [1.29, 1.82) is 0 Å². The van der Waals surface area contributed by atoms with Crippen LogP contribution in [-0.4, -0.2) is 64.3 Å². The van der Waals surface area contributed by atoms with E-state index in [-0.39, 0.29) is 12.1 Å². The lowest BCUT2D eigenvalue weighted by atomic mass is 10.3. The molecule has 114 valence electrons. The van der Waals surface area contributed by atoms with Gasteiger partial charge in [0.15, 0.2) is 0 Å². The van der Waals surface area contributed by atoms with Crippen molar-refractivity contribution in [2.75, 3.05) is 34.8 Å². The molecular weight excluding hydrogens is 274 g/mol. The largest absolute Gasteiger partial charge is 0.726 e. The Bertz CT molecular complexity index is 396. The number of hydrogen-bond acceptors (Lipinski definition) is 6. The fourth-order valence-electron chi connectivity index (χ4n) is 1.09. The van der Waals surface area contributed by atoms with Crippen molar-refractivity contribution in [3.8, 4) is 0 Å². The van der Waals surface area contributed by atoms with E-state index < -0.39 is 10.4 Å². The average Bonchev–Trinajstić information content (AvgIpc) is 2.14. The second-order valence-electron chi connectivity index (χ2n) is 5.04. The maximum Gasteiger partial charge on any atom is 0.333 e. The molecule has 0 aromatic carbocycles. The normalized spacial score (nSPS) is 13.0. The van der Waals surface area contributed by atoms with Gasteiger partial charge >= 0.3 is 5.97 Å². The molecule has 0 aromatic rings. The van der Waals surface area contributed by atoms with Gasteiger partial charge in [0.2, 0.25) is 10.4 Å². The van der Waals surface area contributed by atoms with E-state index in [1.807, 2.05) is 6.92 Å². The smallest absolute Gasteiger partial charge is 0.333 e. The standard InChI is InChI=1S/C10H20NO2.CH4O4S/c1-8(2)10(12)13-9(3)7-11(4,5)6;1-5-6(2,3)4/h9H,1,7H2,2-6H3;1H3,(H,2,3,4)/q+1;/p-1. The molecule has 1 unspecified atom stereocenters. The highest BCUT2D eigenvalue weighted by Gasteiger charge is 2.17. The van der Waals surface area contributed by atoms with Gasteiger partial charge in [0, 0.05) is 5.57 Å². The van der Waals surface area contributed by atoms with Gasteiger partial charge in [-0.25, -0.2) is 13.2 Å². The van der Waals surface area contributed by atoms with Crippen molar-refractivity contribution in [2.45, 2.75) is 20.0 Å². The second-order valence-corrected chi connectivity index (χ2v) is 6.19. The first-order chi connectivity index (χ1) is 8.28. The lowest BCUT2D eigenvalue weighted by molar-refractivity contribution is -0.873. The molecule has 0 aliphatic rings. The summed E-state index contributed by atoms with van der Waals surface area (Å²) >= 11 is 0. The zero-order valence-corrected chi connectivity index (χ0v) is 13.1. The second kappa shape index (κ2) is 8.26. The highest BCUT2D eigenvalue weighted by molar-refractivity contribution is 7.80. The van der Waals surface area contributed by atoms with Gasteiger partial charge in [-0.15, -0.1) is 0 Å². The van der Waals surface area contributed by atoms with Crippen LogP contribution >= 0.6 is 0 Å². The summed E-state index contributed by atoms with van der Waals surface area (Å²) in [5, 5.41) is 0. The topological polar surface area (TPSA) is 92.7 Å². The Kier molecular flexibility index (Phi) is 8.85. The molecule has 19 heavy (non-hydrogen) atoms. The maximum atomic E-state index is 11.1. The van der Waals surface area contributed by atoms with Gasteiger partial charge in [0.1, 0.15) is 12.6 Å². The number of ether oxygens (including phenoxy) is 1. The van der Waals surface area contributed by atoms with Crippen LogP contribution in [0.5, 0.6) is 0 Å². The molecule has 0 heterocycles. The number of likely N-dealkylation sites (N-methyl/N-ethyl adjacent to an activating group) is 1. The average molecular weight is 297 g/mol. The predicted octanol–water partition coefficient (Wildman–Crippen LogP) is 0.293. The van der Waals surface area contributed by atoms with Gasteiger partial charge < -0.3 is 13.8 Å². The molecule has 0 aliphatic heterocycles. The van der Waals surface area contributed by atoms with Crippen LogP contribution in [0.3, 0.4) is 0 Å². The third-order valence-electron chi connectivity index (χ3n) is 1.67. The Morgan fingerprint density at radius 1 is 1.37 bits per heavy atom. The number of carbonyl (C=O) groups excluding carboxylic acids is 1. The third kappa shape index (κ3) is 17.0. The van der Waals surface area contributed by atoms with Gasteiger partial charge in [-0.2, -0.15) is 0 Å². The van der Waals surface area contributed by atoms with E-state index in [1.54, 1.807) is 6.92 Å². The molecule has 0 bridgehead atoms. The van der Waals surface area contributed by atoms with E-state index in [9.17, 15) is 17.8 Å². The van der Waals surface area contributed by atoms with Crippen molar-refractivity contribution in [1.82, 2.24) is 0 Å². The Morgan fingerprint density at radius 2 is 1.74 bits per heavy atom. The van der Waals surface area contributed by atoms with E-state index in [1.165, 1.54) is 0 Å². The van der Waals surface area contributed by atoms with E-state index >= 15 is 0 Å². The molecule has 8 heteroatoms. The molecule has 0 saturated heterocycles. The maximum absolute atomic E-state index is 11.1. The Labute approximate surface area is 115 Å². The summed E-state index contributed by atoms with van der Waals surface area (Å²) < 4.78 is 36.9. The Morgan fingerprint density at radius 3 is 1.95 bits per heavy atom. The minimum Gasteiger partial charge on any atom is -0.726 e. The van der Waals surface area contributed by atoms with Crippen LogP contribution in [0.2, 0.25) is 0 Å². The first kappa shape index (κ1) is 20.4. The minimum atomic E-state index is -4.41. The van der Waals surface area contributed by atoms with Crippen molar-refractivity contribution < 1.29 is 31.2 Å². The number of rotatable bonds is 5. The first-order valence-corrected chi connectivity index (χ1v) is 6.80. The van der Waals surface area contributed by atoms with Gasteiger partial charge in [-0.05, 0) is 13.8 Å². The molecule has 0 aliphatic carbocycles. The van der Waals surface area contributed by atoms with E-state index in [0.717, 1.165) is 18.1 Å². The molecule has 0 rings (SSSR count). The summed E-state index contributed by atoms with van der Waals surface area (Å²) in [4.78, 5) is 11.1. The zero-order valence-electron chi connectivity index (χ0n) is 12.3. The van der Waals surface area contributed by atoms with Crippen LogP contribution in [0.25, 0.3) is 0 Å². The van der Waals surface area contributed by atoms with Crippen molar-refractivity contribution in [3.63, 3.8) is 0 Å². The summed E-state index contributed by atoms with van der Waals surface area (Å²) in [6, 6.07) is 0. The lowest BCUT2D eigenvalue weighted by Gasteiger charge is -2.27. The molecule has 0 spiro atoms. The van der Waals surface area contributed by atoms with Crippen LogP contribution in [-0.2, 0) is 24.1 Å². The van der Waals surface area contributed by atoms with E-state index in [4.69, 9.17) is 4.74 Å². The molecule has 1 atom stereocenters. The monoisotopic (exact) mass is 297 g/mol. The lowest BCUT2D eigenvalue weighted by Crippen LogP contribution is -2.41. The predicted molar refractivity (Wildman–Crippen MR) is 70.0 cm³/mol. The highest BCUT2D eigenvalue weighted by atomic mass is 32.3. The van der Waals surface area contributed by atoms with Gasteiger partial charge in [0.05, 0.1) is 28.3 Å². The SMILES string of the molecule is C=C(C)C(=O)OC(C)C[N+](C)(C)C.COS(=O)(=O)[O-]. The number of esters is 1. The fraction of sp³-hybridized carbons (Fsp3) is 0.727. The molecule has 0 N–H and O–H groups in total. The Hall–Kier alpha value is -0.960. The molecule has 0 aromatic heterocycles. The summed E-state index contributed by atoms with van der Waals surface area (Å²) in [6.45, 7) is 7.88. The number of quaternary nitrogens is 1. The summed E-state index contributed by atoms with van der Waals surface area (Å²) in [7, 11) is 2.58. The summed E-state index contributed by atoms with van der Waals surface area (Å²) in [5.41, 5.74) is 0.452. The van der Waals surface area contributed by atoms with E-state index in [0.29, 0.717) is 5.57 Å². The van der Waals surface area contributed by atoms with Crippen LogP contribution in [0.4, 0.5) is 0 Å². The van der Waals surface area contributed by atoms with Gasteiger partial charge in [0.25, 0.3) is 0 Å². The molecule has 0 radical (unpaired) electrons. The minimum absolute atomic E-state index is 0.0656. The number of carbonyl (C=O) groups is 1. The summed E-state index contributed by atoms with van der Waals surface area (Å²) in [6.07, 6.45) is -0.0656. The fourth-order valence-corrected chi connectivity index (χ4v) is 1.09. The summed E-state index contributed by atoms with van der Waals surface area (Å²) in [5.74, 6) is -0.305. The highest BCUT2D eigenvalue weighted by Crippen LogP contribution is 2.02. The van der Waals surface area contributed by atoms with Crippen LogP contribution < -0.4 is 0 Å². The molecule has 0 saturated carbocycles. The quantitative estimate of drug-likeness (QED) is 0.238. The van der Waals surface area contributed by atoms with Crippen molar-refractivity contribution >= 4 is 16.4 Å². The first-order valence-electron chi connectivity index (χ1n) is 5.47. The third-order valence-corrected chi connectivity index (χ3v) is 2.07. The van der Waals surface area contributed by atoms with Crippen molar-refractivity contribution in [3.05, 3.63) is 12.2 Å². The van der Waals surface area contributed by atoms with Gasteiger partial charge in [-0.3, -0.25) is 4.18 Å². The Balaban J connectivity index is 0. The van der Waals surface area contributed by atoms with Crippen LogP contribution in [0, 0.1) is 0 Å². The molecule has 0 amide bonds. The van der Waals surface area contributed by atoms with Crippen LogP contribution in [0.15, 0.2) is 12.2 Å². The zero-order chi connectivity index (χ0) is 15.9. The molecule has 7 nitrogen and oxygen atoms in total. The number of hydrogen-bond donors (Lipinski definition) is 0. The number of nitrogens with zero attached hydrogens (tertiary/aromatic N) is 1.